The largest absolute Gasteiger partial charge is 0.355 e. The molecule has 0 atom stereocenters. The van der Waals surface area contributed by atoms with Crippen LogP contribution in [0.25, 0.3) is 10.9 Å². The molecule has 0 saturated carbocycles. The summed E-state index contributed by atoms with van der Waals surface area (Å²) in [4.78, 5) is 0.153. The van der Waals surface area contributed by atoms with Crippen LogP contribution in [0.3, 0.4) is 0 Å². The van der Waals surface area contributed by atoms with Crippen molar-refractivity contribution in [3.63, 3.8) is 0 Å². The molecule has 5 nitrogen and oxygen atoms in total. The highest BCUT2D eigenvalue weighted by Crippen LogP contribution is 2.31. The van der Waals surface area contributed by atoms with Crippen molar-refractivity contribution in [2.75, 3.05) is 12.4 Å². The molecule has 0 bridgehead atoms. The number of benzene rings is 3. The topological polar surface area (TPSA) is 63.1 Å². The Labute approximate surface area is 187 Å². The van der Waals surface area contributed by atoms with E-state index in [1.807, 2.05) is 44.3 Å². The minimum absolute atomic E-state index is 0.153. The predicted molar refractivity (Wildman–Crippen MR) is 128 cm³/mol. The van der Waals surface area contributed by atoms with Crippen LogP contribution in [0.4, 0.5) is 11.4 Å². The predicted octanol–water partition coefficient (Wildman–Crippen LogP) is 5.61. The monoisotopic (exact) mass is 453 g/mol. The maximum absolute atomic E-state index is 13.4. The first kappa shape index (κ1) is 21.4. The fourth-order valence-corrected chi connectivity index (χ4v) is 5.41. The molecule has 0 aliphatic carbocycles. The highest BCUT2D eigenvalue weighted by Gasteiger charge is 2.22. The smallest absolute Gasteiger partial charge is 0.268 e. The lowest BCUT2D eigenvalue weighted by Gasteiger charge is -2.12. The molecule has 0 aliphatic rings. The average molecular weight is 454 g/mol. The fraction of sp³-hybridized carbons (Fsp3) is 0.167. The first-order valence-electron chi connectivity index (χ1n) is 9.93. The van der Waals surface area contributed by atoms with E-state index in [0.29, 0.717) is 17.1 Å². The number of fused-ring (bicyclic) bond motifs is 1. The summed E-state index contributed by atoms with van der Waals surface area (Å²) in [6, 6.07) is 18.3. The number of nitrogens with zero attached hydrogens (tertiary/aromatic N) is 1. The second kappa shape index (κ2) is 8.38. The van der Waals surface area contributed by atoms with Crippen LogP contribution in [0.2, 0.25) is 5.02 Å². The molecule has 0 fully saturated rings. The lowest BCUT2D eigenvalue weighted by Crippen LogP contribution is -2.12. The molecule has 0 saturated heterocycles. The van der Waals surface area contributed by atoms with Crippen molar-refractivity contribution in [3.8, 4) is 0 Å². The van der Waals surface area contributed by atoms with E-state index in [9.17, 15) is 8.42 Å². The lowest BCUT2D eigenvalue weighted by molar-refractivity contribution is 0.589. The van der Waals surface area contributed by atoms with E-state index in [2.05, 4.69) is 23.6 Å². The van der Waals surface area contributed by atoms with Crippen molar-refractivity contribution in [3.05, 3.63) is 88.6 Å². The second-order valence-electron chi connectivity index (χ2n) is 7.62. The number of halogens is 1. The van der Waals surface area contributed by atoms with Gasteiger partial charge in [0.25, 0.3) is 10.0 Å². The quantitative estimate of drug-likeness (QED) is 0.398. The molecule has 0 amide bonds. The zero-order valence-corrected chi connectivity index (χ0v) is 19.2. The molecule has 2 N–H and O–H groups in total. The number of aryl methyl sites for hydroxylation is 2. The van der Waals surface area contributed by atoms with Crippen LogP contribution in [-0.2, 0) is 16.6 Å². The minimum Gasteiger partial charge on any atom is -0.355 e. The van der Waals surface area contributed by atoms with Gasteiger partial charge < -0.3 is 10.6 Å². The maximum Gasteiger partial charge on any atom is 0.268 e. The summed E-state index contributed by atoms with van der Waals surface area (Å²) in [6.07, 6.45) is 1.68. The van der Waals surface area contributed by atoms with E-state index >= 15 is 0 Å². The Morgan fingerprint density at radius 2 is 1.81 bits per heavy atom. The van der Waals surface area contributed by atoms with Crippen molar-refractivity contribution in [1.29, 1.82) is 0 Å². The summed E-state index contributed by atoms with van der Waals surface area (Å²) < 4.78 is 28.2. The van der Waals surface area contributed by atoms with Crippen LogP contribution in [0.1, 0.15) is 16.7 Å². The zero-order valence-electron chi connectivity index (χ0n) is 17.6. The molecule has 7 heteroatoms. The lowest BCUT2D eigenvalue weighted by atomic mass is 10.1. The zero-order chi connectivity index (χ0) is 22.2. The number of anilines is 2. The minimum atomic E-state index is -3.81. The van der Waals surface area contributed by atoms with Crippen LogP contribution >= 0.6 is 11.6 Å². The number of nitrogens with one attached hydrogen (secondary N) is 2. The van der Waals surface area contributed by atoms with Crippen molar-refractivity contribution in [2.24, 2.45) is 0 Å². The molecule has 160 valence electrons. The van der Waals surface area contributed by atoms with E-state index in [-0.39, 0.29) is 4.90 Å². The van der Waals surface area contributed by atoms with Gasteiger partial charge in [-0.05, 0) is 68.4 Å². The van der Waals surface area contributed by atoms with Gasteiger partial charge in [-0.3, -0.25) is 0 Å². The van der Waals surface area contributed by atoms with Gasteiger partial charge >= 0.3 is 0 Å². The van der Waals surface area contributed by atoms with Crippen molar-refractivity contribution >= 4 is 43.9 Å². The first-order chi connectivity index (χ1) is 14.8. The summed E-state index contributed by atoms with van der Waals surface area (Å²) in [5, 5.41) is 7.79. The molecule has 0 aliphatic heterocycles. The Hall–Kier alpha value is -2.80. The number of hydrogen-bond acceptors (Lipinski definition) is 4. The normalized spacial score (nSPS) is 11.7. The molecule has 4 rings (SSSR count). The molecular weight excluding hydrogens is 430 g/mol. The molecule has 0 spiro atoms. The maximum atomic E-state index is 13.4. The van der Waals surface area contributed by atoms with E-state index in [0.717, 1.165) is 27.9 Å². The van der Waals surface area contributed by atoms with Gasteiger partial charge in [0.2, 0.25) is 0 Å². The summed E-state index contributed by atoms with van der Waals surface area (Å²) in [6.45, 7) is 4.66. The Morgan fingerprint density at radius 1 is 1.00 bits per heavy atom. The molecule has 4 aromatic rings. The van der Waals surface area contributed by atoms with Gasteiger partial charge in [0.1, 0.15) is 0 Å². The van der Waals surface area contributed by atoms with Crippen LogP contribution in [0, 0.1) is 13.8 Å². The third kappa shape index (κ3) is 4.19. The molecule has 0 unspecified atom stereocenters. The van der Waals surface area contributed by atoms with Gasteiger partial charge in [0.05, 0.1) is 10.4 Å². The van der Waals surface area contributed by atoms with Gasteiger partial charge in [-0.2, -0.15) is 0 Å². The Kier molecular flexibility index (Phi) is 5.79. The third-order valence-electron chi connectivity index (χ3n) is 5.24. The summed E-state index contributed by atoms with van der Waals surface area (Å²) >= 11 is 6.06. The first-order valence-corrected chi connectivity index (χ1v) is 11.8. The van der Waals surface area contributed by atoms with Crippen molar-refractivity contribution < 1.29 is 8.42 Å². The van der Waals surface area contributed by atoms with Gasteiger partial charge in [0.15, 0.2) is 0 Å². The standard InChI is InChI=1S/C24H24ClN3O2S/c1-16-7-10-23(17(2)11-16)27-20-8-9-22-18(14-26-3)15-28(24(22)13-20)31(29,30)21-6-4-5-19(25)12-21/h4-13,15,26-27H,14H2,1-3H3. The van der Waals surface area contributed by atoms with E-state index in [4.69, 9.17) is 11.6 Å². The van der Waals surface area contributed by atoms with Crippen molar-refractivity contribution in [2.45, 2.75) is 25.3 Å². The molecular formula is C24H24ClN3O2S. The van der Waals surface area contributed by atoms with Gasteiger partial charge in [-0.15, -0.1) is 0 Å². The van der Waals surface area contributed by atoms with E-state index in [1.165, 1.54) is 15.6 Å². The Bertz CT molecular complexity index is 1380. The number of rotatable bonds is 6. The molecule has 1 heterocycles. The highest BCUT2D eigenvalue weighted by molar-refractivity contribution is 7.90. The van der Waals surface area contributed by atoms with Crippen LogP contribution in [-0.4, -0.2) is 19.4 Å². The molecule has 31 heavy (non-hydrogen) atoms. The van der Waals surface area contributed by atoms with Gasteiger partial charge in [0, 0.05) is 34.5 Å². The van der Waals surface area contributed by atoms with Crippen molar-refractivity contribution in [1.82, 2.24) is 9.29 Å². The highest BCUT2D eigenvalue weighted by atomic mass is 35.5. The average Bonchev–Trinajstić information content (AvgIpc) is 3.09. The SMILES string of the molecule is CNCc1cn(S(=O)(=O)c2cccc(Cl)c2)c2cc(Nc3ccc(C)cc3C)ccc12. The third-order valence-corrected chi connectivity index (χ3v) is 7.14. The summed E-state index contributed by atoms with van der Waals surface area (Å²) in [5.41, 5.74) is 5.63. The summed E-state index contributed by atoms with van der Waals surface area (Å²) in [5.74, 6) is 0. The number of aromatic nitrogens is 1. The molecule has 3 aromatic carbocycles. The van der Waals surface area contributed by atoms with Gasteiger partial charge in [-0.1, -0.05) is 41.4 Å². The second-order valence-corrected chi connectivity index (χ2v) is 9.87. The van der Waals surface area contributed by atoms with Gasteiger partial charge in [-0.25, -0.2) is 12.4 Å². The summed E-state index contributed by atoms with van der Waals surface area (Å²) in [7, 11) is -1.97. The van der Waals surface area contributed by atoms with Crippen LogP contribution in [0.15, 0.2) is 71.8 Å². The Balaban J connectivity index is 1.85. The van der Waals surface area contributed by atoms with Crippen LogP contribution in [0.5, 0.6) is 0 Å². The molecule has 0 radical (unpaired) electrons. The fourth-order valence-electron chi connectivity index (χ4n) is 3.72. The van der Waals surface area contributed by atoms with Crippen LogP contribution < -0.4 is 10.6 Å². The Morgan fingerprint density at radius 3 is 2.52 bits per heavy atom. The molecule has 1 aromatic heterocycles. The number of hydrogen-bond donors (Lipinski definition) is 2. The van der Waals surface area contributed by atoms with E-state index < -0.39 is 10.0 Å². The van der Waals surface area contributed by atoms with E-state index in [1.54, 1.807) is 24.4 Å².